The summed E-state index contributed by atoms with van der Waals surface area (Å²) in [4.78, 5) is 55.2. The van der Waals surface area contributed by atoms with Crippen molar-refractivity contribution in [2.24, 2.45) is 23.7 Å². The lowest BCUT2D eigenvalue weighted by molar-refractivity contribution is 0.547. The molecule has 2 fully saturated rings. The number of rotatable bonds is 6. The molecule has 2 aliphatic carbocycles. The van der Waals surface area contributed by atoms with Gasteiger partial charge < -0.3 is 15.4 Å². The maximum Gasteiger partial charge on any atom is 0.325 e. The third kappa shape index (κ3) is 6.77. The second kappa shape index (κ2) is 12.4. The molecule has 13 heteroatoms. The molecule has 4 aromatic rings. The van der Waals surface area contributed by atoms with E-state index in [0.717, 1.165) is 35.4 Å². The summed E-state index contributed by atoms with van der Waals surface area (Å²) in [6, 6.07) is 3.86. The van der Waals surface area contributed by atoms with Gasteiger partial charge in [-0.1, -0.05) is 27.7 Å². The van der Waals surface area contributed by atoms with Gasteiger partial charge in [0, 0.05) is 12.4 Å². The van der Waals surface area contributed by atoms with Crippen molar-refractivity contribution in [2.45, 2.75) is 66.2 Å². The molecule has 2 saturated carbocycles. The summed E-state index contributed by atoms with van der Waals surface area (Å²) < 4.78 is 0. The van der Waals surface area contributed by atoms with Gasteiger partial charge in [-0.25, -0.2) is 9.59 Å². The first-order valence-corrected chi connectivity index (χ1v) is 14.3. The molecule has 2 aliphatic rings. The lowest BCUT2D eigenvalue weighted by Gasteiger charge is -2.08. The van der Waals surface area contributed by atoms with E-state index in [-0.39, 0.29) is 5.48 Å². The molecule has 4 atom stereocenters. The summed E-state index contributed by atoms with van der Waals surface area (Å²) in [5, 5.41) is 16.5. The highest BCUT2D eigenvalue weighted by Gasteiger charge is 2.42. The fourth-order valence-corrected chi connectivity index (χ4v) is 5.77. The van der Waals surface area contributed by atoms with Crippen LogP contribution in [0.5, 0.6) is 0 Å². The smallest absolute Gasteiger partial charge is 0.325 e. The molecule has 2 unspecified atom stereocenters. The average Bonchev–Trinajstić information content (AvgIpc) is 3.84. The van der Waals surface area contributed by atoms with Gasteiger partial charge in [0.1, 0.15) is 11.4 Å². The van der Waals surface area contributed by atoms with Gasteiger partial charge in [0.05, 0.1) is 22.5 Å². The van der Waals surface area contributed by atoms with Crippen LogP contribution in [0.1, 0.15) is 74.9 Å². The highest BCUT2D eigenvalue weighted by atomic mass is 16.2. The topological polar surface area (TPSA) is 214 Å². The Morgan fingerprint density at radius 1 is 0.651 bits per heavy atom. The fourth-order valence-electron chi connectivity index (χ4n) is 5.77. The molecular weight excluding hydrogens is 552 g/mol. The fraction of sp³-hybridized carbons (Fsp3) is 0.467. The first-order valence-electron chi connectivity index (χ1n) is 14.3. The van der Waals surface area contributed by atoms with Crippen LogP contribution in [0.3, 0.4) is 0 Å². The molecule has 6 rings (SSSR count). The lowest BCUT2D eigenvalue weighted by Crippen LogP contribution is -2.23. The number of hydrogen-bond acceptors (Lipinski definition) is 8. The SMILES string of the molecule is Cc1nnc(-c2c[nH]c(=O)[nH]c2=O)cc1C1CC1C(C)C.Cc1nnc(-c2c[nH]c(=O)[nH]c2=O)cc1[C@H]1C[C@@H]1C(C)C.O. The number of nitrogens with zero attached hydrogens (tertiary/aromatic N) is 4. The zero-order valence-electron chi connectivity index (χ0n) is 25.1. The number of aromatic nitrogens is 8. The Kier molecular flexibility index (Phi) is 9.04. The Labute approximate surface area is 247 Å². The molecule has 4 aromatic heterocycles. The zero-order chi connectivity index (χ0) is 30.3. The van der Waals surface area contributed by atoms with Crippen molar-refractivity contribution < 1.29 is 5.48 Å². The predicted octanol–water partition coefficient (Wildman–Crippen LogP) is 2.35. The van der Waals surface area contributed by atoms with Crippen LogP contribution in [0.2, 0.25) is 0 Å². The van der Waals surface area contributed by atoms with E-state index < -0.39 is 22.5 Å². The average molecular weight is 591 g/mol. The maximum atomic E-state index is 11.9. The van der Waals surface area contributed by atoms with Gasteiger partial charge in [-0.05, 0) is 85.5 Å². The molecule has 0 aromatic carbocycles. The van der Waals surface area contributed by atoms with Gasteiger partial charge in [0.25, 0.3) is 11.1 Å². The monoisotopic (exact) mass is 590 g/mol. The number of aromatic amines is 4. The largest absolute Gasteiger partial charge is 0.412 e. The Morgan fingerprint density at radius 2 is 1.02 bits per heavy atom. The van der Waals surface area contributed by atoms with Crippen molar-refractivity contribution in [3.63, 3.8) is 0 Å². The summed E-state index contributed by atoms with van der Waals surface area (Å²) in [6.07, 6.45) is 5.09. The molecule has 6 N–H and O–H groups in total. The molecule has 0 radical (unpaired) electrons. The molecule has 0 aliphatic heterocycles. The highest BCUT2D eigenvalue weighted by Crippen LogP contribution is 2.53. The van der Waals surface area contributed by atoms with Gasteiger partial charge in [-0.2, -0.15) is 10.2 Å². The molecule has 4 heterocycles. The van der Waals surface area contributed by atoms with Crippen molar-refractivity contribution in [2.75, 3.05) is 0 Å². The van der Waals surface area contributed by atoms with Crippen LogP contribution in [0.25, 0.3) is 22.5 Å². The van der Waals surface area contributed by atoms with Gasteiger partial charge in [0.2, 0.25) is 0 Å². The van der Waals surface area contributed by atoms with Crippen molar-refractivity contribution >= 4 is 0 Å². The van der Waals surface area contributed by atoms with Crippen LogP contribution in [-0.4, -0.2) is 45.8 Å². The van der Waals surface area contributed by atoms with Crippen LogP contribution in [0.15, 0.2) is 43.7 Å². The summed E-state index contributed by atoms with van der Waals surface area (Å²) in [7, 11) is 0. The third-order valence-corrected chi connectivity index (χ3v) is 8.42. The summed E-state index contributed by atoms with van der Waals surface area (Å²) in [6.45, 7) is 12.8. The first kappa shape index (κ1) is 31.4. The van der Waals surface area contributed by atoms with Crippen LogP contribution < -0.4 is 22.5 Å². The standard InChI is InChI=1S/2C15H18N4O2.H2O/c2*1-7(2)9-4-11(9)10-5-13(19-18-8(10)3)12-6-16-15(21)17-14(12)20;/h2*5-7,9,11H,4H2,1-3H3,(H2,16,17,20,21);1H2/t9-,11+;;/m1../s1. The minimum atomic E-state index is -0.522. The van der Waals surface area contributed by atoms with Crippen LogP contribution in [0.4, 0.5) is 0 Å². The van der Waals surface area contributed by atoms with E-state index in [9.17, 15) is 19.2 Å². The maximum absolute atomic E-state index is 11.9. The number of hydrogen-bond donors (Lipinski definition) is 4. The van der Waals surface area contributed by atoms with E-state index in [1.54, 1.807) is 0 Å². The van der Waals surface area contributed by atoms with Gasteiger partial charge in [-0.15, -0.1) is 10.2 Å². The van der Waals surface area contributed by atoms with E-state index in [2.05, 4.69) is 68.0 Å². The predicted molar refractivity (Wildman–Crippen MR) is 162 cm³/mol. The van der Waals surface area contributed by atoms with Gasteiger partial charge >= 0.3 is 11.4 Å². The molecule has 0 spiro atoms. The molecule has 13 nitrogen and oxygen atoms in total. The van der Waals surface area contributed by atoms with Gasteiger partial charge in [-0.3, -0.25) is 19.6 Å². The number of aryl methyl sites for hydroxylation is 2. The van der Waals surface area contributed by atoms with E-state index in [1.807, 2.05) is 26.0 Å². The molecule has 0 saturated heterocycles. The third-order valence-electron chi connectivity index (χ3n) is 8.42. The number of H-pyrrole nitrogens is 4. The van der Waals surface area contributed by atoms with E-state index in [1.165, 1.54) is 12.4 Å². The summed E-state index contributed by atoms with van der Waals surface area (Å²) in [5.41, 5.74) is 3.88. The van der Waals surface area contributed by atoms with E-state index >= 15 is 0 Å². The molecule has 0 amide bonds. The van der Waals surface area contributed by atoms with Crippen molar-refractivity contribution in [3.8, 4) is 22.5 Å². The Hall–Kier alpha value is -4.52. The second-order valence-electron chi connectivity index (χ2n) is 12.0. The first-order chi connectivity index (χ1) is 19.9. The quantitative estimate of drug-likeness (QED) is 0.261. The highest BCUT2D eigenvalue weighted by molar-refractivity contribution is 5.58. The lowest BCUT2D eigenvalue weighted by atomic mass is 10.0. The zero-order valence-corrected chi connectivity index (χ0v) is 25.1. The summed E-state index contributed by atoms with van der Waals surface area (Å²) in [5.74, 6) is 3.64. The van der Waals surface area contributed by atoms with Crippen molar-refractivity contribution in [1.29, 1.82) is 0 Å². The normalized spacial score (nSPS) is 20.3. The second-order valence-corrected chi connectivity index (χ2v) is 12.0. The summed E-state index contributed by atoms with van der Waals surface area (Å²) >= 11 is 0. The van der Waals surface area contributed by atoms with Crippen molar-refractivity contribution in [3.05, 3.63) is 88.7 Å². The van der Waals surface area contributed by atoms with Crippen molar-refractivity contribution in [1.82, 2.24) is 40.3 Å². The Balaban J connectivity index is 0.000000192. The van der Waals surface area contributed by atoms with E-state index in [4.69, 9.17) is 0 Å². The van der Waals surface area contributed by atoms with Crippen LogP contribution >= 0.6 is 0 Å². The molecular formula is C30H38N8O5. The number of nitrogens with one attached hydrogen (secondary N) is 4. The molecule has 43 heavy (non-hydrogen) atoms. The Morgan fingerprint density at radius 3 is 1.33 bits per heavy atom. The minimum Gasteiger partial charge on any atom is -0.412 e. The molecule has 228 valence electrons. The minimum absolute atomic E-state index is 0. The van der Waals surface area contributed by atoms with Crippen LogP contribution in [0, 0.1) is 37.5 Å². The van der Waals surface area contributed by atoms with Crippen LogP contribution in [-0.2, 0) is 0 Å². The van der Waals surface area contributed by atoms with Gasteiger partial charge in [0.15, 0.2) is 0 Å². The van der Waals surface area contributed by atoms with E-state index in [0.29, 0.717) is 58.0 Å². The Bertz CT molecular complexity index is 1720. The molecule has 0 bridgehead atoms.